The quantitative estimate of drug-likeness (QED) is 0.854. The van der Waals surface area contributed by atoms with E-state index in [0.29, 0.717) is 22.6 Å². The molecule has 2 rings (SSSR count). The molecule has 0 heterocycles. The molecule has 2 aromatic rings. The molecule has 104 valence electrons. The Kier molecular flexibility index (Phi) is 3.89. The van der Waals surface area contributed by atoms with E-state index in [1.807, 2.05) is 0 Å². The van der Waals surface area contributed by atoms with Crippen molar-refractivity contribution in [3.8, 4) is 22.6 Å². The standard InChI is InChI=1S/C15H13FO4/c1-19-11-5-10(6-12(8-11)20-2)9-3-4-13(15(17)18)14(16)7-9/h3-8H,1-2H3,(H,17,18)/p-1. The molecule has 4 nitrogen and oxygen atoms in total. The number of benzene rings is 2. The summed E-state index contributed by atoms with van der Waals surface area (Å²) in [7, 11) is 3.02. The first-order valence-corrected chi connectivity index (χ1v) is 5.79. The van der Waals surface area contributed by atoms with E-state index in [1.54, 1.807) is 18.2 Å². The second-order valence-electron chi connectivity index (χ2n) is 4.08. The minimum absolute atomic E-state index is 0.469. The van der Waals surface area contributed by atoms with Crippen molar-refractivity contribution >= 4 is 5.97 Å². The van der Waals surface area contributed by atoms with Crippen LogP contribution in [-0.4, -0.2) is 20.2 Å². The van der Waals surface area contributed by atoms with E-state index in [4.69, 9.17) is 9.47 Å². The molecule has 0 aliphatic rings. The first kappa shape index (κ1) is 13.9. The van der Waals surface area contributed by atoms with Crippen molar-refractivity contribution in [1.82, 2.24) is 0 Å². The Bertz CT molecular complexity index is 630. The van der Waals surface area contributed by atoms with Crippen LogP contribution < -0.4 is 14.6 Å². The van der Waals surface area contributed by atoms with Gasteiger partial charge in [0.1, 0.15) is 17.3 Å². The summed E-state index contributed by atoms with van der Waals surface area (Å²) in [5.74, 6) is -1.27. The van der Waals surface area contributed by atoms with Crippen LogP contribution >= 0.6 is 0 Å². The lowest BCUT2D eigenvalue weighted by Crippen LogP contribution is -2.23. The minimum Gasteiger partial charge on any atom is -0.545 e. The smallest absolute Gasteiger partial charge is 0.132 e. The number of ether oxygens (including phenoxy) is 2. The Morgan fingerprint density at radius 2 is 1.60 bits per heavy atom. The molecule has 2 aromatic carbocycles. The molecule has 0 aromatic heterocycles. The molecule has 0 unspecified atom stereocenters. The van der Waals surface area contributed by atoms with Gasteiger partial charge in [0.25, 0.3) is 0 Å². The van der Waals surface area contributed by atoms with E-state index in [2.05, 4.69) is 0 Å². The maximum atomic E-state index is 13.7. The van der Waals surface area contributed by atoms with Gasteiger partial charge in [-0.1, -0.05) is 6.07 Å². The number of methoxy groups -OCH3 is 2. The topological polar surface area (TPSA) is 58.6 Å². The summed E-state index contributed by atoms with van der Waals surface area (Å²) in [6.07, 6.45) is 0. The number of carbonyl (C=O) groups is 1. The van der Waals surface area contributed by atoms with Gasteiger partial charge >= 0.3 is 0 Å². The van der Waals surface area contributed by atoms with Crippen LogP contribution in [0.5, 0.6) is 11.5 Å². The highest BCUT2D eigenvalue weighted by molar-refractivity contribution is 5.87. The van der Waals surface area contributed by atoms with Crippen LogP contribution in [-0.2, 0) is 0 Å². The average Bonchev–Trinajstić information content (AvgIpc) is 2.46. The highest BCUT2D eigenvalue weighted by atomic mass is 19.1. The van der Waals surface area contributed by atoms with Crippen molar-refractivity contribution in [2.75, 3.05) is 14.2 Å². The third-order valence-corrected chi connectivity index (χ3v) is 2.87. The predicted molar refractivity (Wildman–Crippen MR) is 69.3 cm³/mol. The Hall–Kier alpha value is -2.56. The van der Waals surface area contributed by atoms with E-state index < -0.39 is 17.3 Å². The predicted octanol–water partition coefficient (Wildman–Crippen LogP) is 1.87. The van der Waals surface area contributed by atoms with Crippen molar-refractivity contribution < 1.29 is 23.8 Å². The number of carboxylic acids is 1. The molecule has 0 atom stereocenters. The van der Waals surface area contributed by atoms with Crippen LogP contribution in [0.4, 0.5) is 4.39 Å². The Labute approximate surface area is 115 Å². The van der Waals surface area contributed by atoms with Crippen molar-refractivity contribution in [2.24, 2.45) is 0 Å². The molecule has 0 spiro atoms. The zero-order valence-corrected chi connectivity index (χ0v) is 11.0. The number of hydrogen-bond acceptors (Lipinski definition) is 4. The molecule has 0 N–H and O–H groups in total. The fraction of sp³-hybridized carbons (Fsp3) is 0.133. The lowest BCUT2D eigenvalue weighted by atomic mass is 10.0. The molecule has 0 fully saturated rings. The third kappa shape index (κ3) is 2.71. The molecular weight excluding hydrogens is 263 g/mol. The number of rotatable bonds is 4. The van der Waals surface area contributed by atoms with E-state index >= 15 is 0 Å². The number of carboxylic acid groups (broad SMARTS) is 1. The lowest BCUT2D eigenvalue weighted by molar-refractivity contribution is -0.255. The molecule has 0 radical (unpaired) electrons. The third-order valence-electron chi connectivity index (χ3n) is 2.87. The minimum atomic E-state index is -1.54. The molecule has 0 bridgehead atoms. The first-order valence-electron chi connectivity index (χ1n) is 5.79. The second kappa shape index (κ2) is 5.61. The van der Waals surface area contributed by atoms with Gasteiger partial charge in [0, 0.05) is 11.6 Å². The molecule has 0 aliphatic heterocycles. The Balaban J connectivity index is 2.51. The van der Waals surface area contributed by atoms with Crippen LogP contribution in [0, 0.1) is 5.82 Å². The van der Waals surface area contributed by atoms with E-state index in [1.165, 1.54) is 26.4 Å². The number of halogens is 1. The van der Waals surface area contributed by atoms with E-state index in [-0.39, 0.29) is 0 Å². The summed E-state index contributed by atoms with van der Waals surface area (Å²) in [5, 5.41) is 10.7. The van der Waals surface area contributed by atoms with Gasteiger partial charge in [0.15, 0.2) is 0 Å². The van der Waals surface area contributed by atoms with Gasteiger partial charge in [-0.25, -0.2) is 4.39 Å². The summed E-state index contributed by atoms with van der Waals surface area (Å²) in [4.78, 5) is 10.7. The van der Waals surface area contributed by atoms with Crippen molar-refractivity contribution in [2.45, 2.75) is 0 Å². The van der Waals surface area contributed by atoms with Crippen LogP contribution in [0.25, 0.3) is 11.1 Å². The summed E-state index contributed by atoms with van der Waals surface area (Å²) in [6.45, 7) is 0. The van der Waals surface area contributed by atoms with Crippen LogP contribution in [0.1, 0.15) is 10.4 Å². The highest BCUT2D eigenvalue weighted by Crippen LogP contribution is 2.30. The Morgan fingerprint density at radius 3 is 2.05 bits per heavy atom. The molecule has 20 heavy (non-hydrogen) atoms. The summed E-state index contributed by atoms with van der Waals surface area (Å²) in [5.41, 5.74) is 0.707. The van der Waals surface area contributed by atoms with Crippen molar-refractivity contribution in [3.63, 3.8) is 0 Å². The summed E-state index contributed by atoms with van der Waals surface area (Å²) < 4.78 is 23.9. The van der Waals surface area contributed by atoms with Gasteiger partial charge in [0.2, 0.25) is 0 Å². The van der Waals surface area contributed by atoms with E-state index in [9.17, 15) is 14.3 Å². The monoisotopic (exact) mass is 275 g/mol. The van der Waals surface area contributed by atoms with Gasteiger partial charge in [-0.3, -0.25) is 0 Å². The SMILES string of the molecule is COc1cc(OC)cc(-c2ccc(C(=O)[O-])c(F)c2)c1. The summed E-state index contributed by atoms with van der Waals surface area (Å²) >= 11 is 0. The maximum absolute atomic E-state index is 13.7. The zero-order chi connectivity index (χ0) is 14.7. The lowest BCUT2D eigenvalue weighted by Gasteiger charge is -2.10. The molecule has 0 aliphatic carbocycles. The van der Waals surface area contributed by atoms with E-state index in [0.717, 1.165) is 6.07 Å². The number of aromatic carboxylic acids is 1. The van der Waals surface area contributed by atoms with Crippen LogP contribution in [0.15, 0.2) is 36.4 Å². The average molecular weight is 275 g/mol. The second-order valence-corrected chi connectivity index (χ2v) is 4.08. The molecule has 0 amide bonds. The van der Waals surface area contributed by atoms with Gasteiger partial charge in [-0.15, -0.1) is 0 Å². The fourth-order valence-corrected chi connectivity index (χ4v) is 1.83. The van der Waals surface area contributed by atoms with Crippen LogP contribution in [0.3, 0.4) is 0 Å². The Morgan fingerprint density at radius 1 is 1.00 bits per heavy atom. The largest absolute Gasteiger partial charge is 0.545 e. The summed E-state index contributed by atoms with van der Waals surface area (Å²) in [6, 6.07) is 8.91. The van der Waals surface area contributed by atoms with Gasteiger partial charge < -0.3 is 19.4 Å². The molecule has 5 heteroatoms. The number of carbonyl (C=O) groups excluding carboxylic acids is 1. The fourth-order valence-electron chi connectivity index (χ4n) is 1.83. The van der Waals surface area contributed by atoms with Crippen LogP contribution in [0.2, 0.25) is 0 Å². The van der Waals surface area contributed by atoms with Gasteiger partial charge in [0.05, 0.1) is 20.2 Å². The zero-order valence-electron chi connectivity index (χ0n) is 11.0. The number of hydrogen-bond donors (Lipinski definition) is 0. The molecule has 0 saturated heterocycles. The maximum Gasteiger partial charge on any atom is 0.132 e. The van der Waals surface area contributed by atoms with Gasteiger partial charge in [-0.05, 0) is 35.4 Å². The van der Waals surface area contributed by atoms with Gasteiger partial charge in [-0.2, -0.15) is 0 Å². The molecular formula is C15H12FO4-. The first-order chi connectivity index (χ1) is 9.55. The van der Waals surface area contributed by atoms with Crippen molar-refractivity contribution in [1.29, 1.82) is 0 Å². The molecule has 0 saturated carbocycles. The highest BCUT2D eigenvalue weighted by Gasteiger charge is 2.08. The van der Waals surface area contributed by atoms with Crippen molar-refractivity contribution in [3.05, 3.63) is 47.8 Å². The normalized spacial score (nSPS) is 10.2.